The van der Waals surface area contributed by atoms with E-state index in [0.29, 0.717) is 0 Å². The molecule has 0 aromatic heterocycles. The Labute approximate surface area is 150 Å². The Morgan fingerprint density at radius 1 is 0.760 bits per heavy atom. The molecule has 142 valence electrons. The topological polar surface area (TPSA) is 214 Å². The molecule has 0 unspecified atom stereocenters. The Balaban J connectivity index is 0.000000443. The number of carbonyl (C=O) groups is 2. The summed E-state index contributed by atoms with van der Waals surface area (Å²) in [5.41, 5.74) is 0. The summed E-state index contributed by atoms with van der Waals surface area (Å²) in [7, 11) is 0. The van der Waals surface area contributed by atoms with Crippen molar-refractivity contribution in [1.82, 2.24) is 0 Å². The first-order valence-electron chi connectivity index (χ1n) is 6.39. The number of hydrogen-bond acceptors (Lipinski definition) is 12. The maximum atomic E-state index is 10.5. The van der Waals surface area contributed by atoms with E-state index in [2.05, 4.69) is 9.47 Å². The van der Waals surface area contributed by atoms with Crippen molar-refractivity contribution >= 4 is 11.9 Å². The van der Waals surface area contributed by atoms with Gasteiger partial charge >= 0.3 is 11.9 Å². The Morgan fingerprint density at radius 3 is 1.20 bits per heavy atom. The smallest absolute Gasteiger partial charge is 0.377 e. The first-order valence-corrected chi connectivity index (χ1v) is 6.39. The number of ether oxygens (including phenoxy) is 2. The largest absolute Gasteiger partial charge is 0.505 e. The van der Waals surface area contributed by atoms with Gasteiger partial charge in [0.05, 0.1) is 13.2 Å². The molecule has 0 radical (unpaired) electrons. The van der Waals surface area contributed by atoms with Crippen molar-refractivity contribution in [1.29, 1.82) is 0 Å². The molecule has 0 amide bonds. The molecule has 13 heteroatoms. The van der Waals surface area contributed by atoms with Crippen LogP contribution in [0.1, 0.15) is 0 Å². The van der Waals surface area contributed by atoms with Gasteiger partial charge in [-0.1, -0.05) is 0 Å². The predicted molar refractivity (Wildman–Crippen MR) is 70.5 cm³/mol. The third-order valence-electron chi connectivity index (χ3n) is 2.95. The maximum Gasteiger partial charge on any atom is 0.377 e. The second-order valence-electron chi connectivity index (χ2n) is 4.62. The van der Waals surface area contributed by atoms with E-state index < -0.39 is 72.6 Å². The van der Waals surface area contributed by atoms with Crippen LogP contribution in [0.15, 0.2) is 23.0 Å². The standard InChI is InChI=1S/2C6H8O6.Cr/c2*7-1-2(8)5-3(9)4(10)6(11)12-5;/h2*2,5,7-10H,1H2;/t2*2-,5+;/m00./s1. The molecule has 2 aliphatic rings. The number of aliphatic hydroxyl groups is 8. The van der Waals surface area contributed by atoms with Crippen molar-refractivity contribution in [3.8, 4) is 0 Å². The summed E-state index contributed by atoms with van der Waals surface area (Å²) in [6, 6.07) is 0. The molecule has 25 heavy (non-hydrogen) atoms. The van der Waals surface area contributed by atoms with Gasteiger partial charge in [0.1, 0.15) is 12.2 Å². The van der Waals surface area contributed by atoms with Gasteiger partial charge in [-0.15, -0.1) is 0 Å². The van der Waals surface area contributed by atoms with Gasteiger partial charge in [-0.3, -0.25) is 0 Å². The molecular weight excluding hydrogens is 388 g/mol. The molecule has 12 nitrogen and oxygen atoms in total. The fourth-order valence-electron chi connectivity index (χ4n) is 1.65. The molecule has 0 saturated carbocycles. The van der Waals surface area contributed by atoms with Crippen LogP contribution in [0.25, 0.3) is 0 Å². The van der Waals surface area contributed by atoms with Crippen molar-refractivity contribution in [3.63, 3.8) is 0 Å². The zero-order chi connectivity index (χ0) is 18.6. The van der Waals surface area contributed by atoms with Crippen LogP contribution in [0.2, 0.25) is 0 Å². The Bertz CT molecular complexity index is 520. The van der Waals surface area contributed by atoms with Crippen LogP contribution < -0.4 is 0 Å². The Hall–Kier alpha value is -2.01. The Kier molecular flexibility index (Phi) is 8.71. The average Bonchev–Trinajstić information content (AvgIpc) is 2.98. The van der Waals surface area contributed by atoms with Crippen molar-refractivity contribution in [3.05, 3.63) is 23.0 Å². The molecule has 0 bridgehead atoms. The first-order chi connectivity index (χ1) is 11.1. The van der Waals surface area contributed by atoms with E-state index in [4.69, 9.17) is 40.9 Å². The minimum absolute atomic E-state index is 0. The quantitative estimate of drug-likeness (QED) is 0.223. The van der Waals surface area contributed by atoms with Gasteiger partial charge in [-0.25, -0.2) is 9.59 Å². The minimum Gasteiger partial charge on any atom is -0.505 e. The van der Waals surface area contributed by atoms with E-state index in [1.807, 2.05) is 0 Å². The van der Waals surface area contributed by atoms with Gasteiger partial charge in [0.2, 0.25) is 11.5 Å². The molecule has 0 spiro atoms. The molecule has 0 aliphatic carbocycles. The average molecular weight is 404 g/mol. The summed E-state index contributed by atoms with van der Waals surface area (Å²) in [6.45, 7) is -1.34. The molecular formula is C12H16CrO12. The Morgan fingerprint density at radius 2 is 1.04 bits per heavy atom. The second kappa shape index (κ2) is 9.47. The van der Waals surface area contributed by atoms with Crippen molar-refractivity contribution in [2.75, 3.05) is 13.2 Å². The molecule has 0 fully saturated rings. The number of cyclic esters (lactones) is 2. The van der Waals surface area contributed by atoms with Gasteiger partial charge < -0.3 is 50.3 Å². The van der Waals surface area contributed by atoms with Crippen molar-refractivity contribution in [2.24, 2.45) is 0 Å². The van der Waals surface area contributed by atoms with E-state index >= 15 is 0 Å². The summed E-state index contributed by atoms with van der Waals surface area (Å²) >= 11 is 0. The number of esters is 2. The van der Waals surface area contributed by atoms with Gasteiger partial charge in [-0.2, -0.15) is 0 Å². The number of rotatable bonds is 4. The predicted octanol–water partition coefficient (Wildman–Crippen LogP) is -2.82. The molecule has 0 saturated heterocycles. The third-order valence-corrected chi connectivity index (χ3v) is 2.95. The summed E-state index contributed by atoms with van der Waals surface area (Å²) in [6.07, 6.45) is -5.55. The zero-order valence-electron chi connectivity index (χ0n) is 12.3. The van der Waals surface area contributed by atoms with E-state index in [9.17, 15) is 9.59 Å². The summed E-state index contributed by atoms with van der Waals surface area (Å²) in [4.78, 5) is 21.1. The SMILES string of the molecule is O=C1O[C@H]([C@@H](O)CO)C(O)=C1O.O=C1O[C@H]([C@@H](O)CO)C(O)=C1O.[Cr]. The molecule has 0 aromatic carbocycles. The fourth-order valence-corrected chi connectivity index (χ4v) is 1.65. The van der Waals surface area contributed by atoms with Gasteiger partial charge in [-0.05, 0) is 0 Å². The van der Waals surface area contributed by atoms with E-state index in [0.717, 1.165) is 0 Å². The zero-order valence-corrected chi connectivity index (χ0v) is 13.6. The molecule has 2 aliphatic heterocycles. The fraction of sp³-hybridized carbons (Fsp3) is 0.500. The normalized spacial score (nSPS) is 24.8. The van der Waals surface area contributed by atoms with Crippen LogP contribution in [-0.4, -0.2) is 90.4 Å². The maximum absolute atomic E-state index is 10.5. The molecule has 2 rings (SSSR count). The van der Waals surface area contributed by atoms with E-state index in [1.165, 1.54) is 0 Å². The summed E-state index contributed by atoms with van der Waals surface area (Å²) in [5, 5.41) is 70.1. The van der Waals surface area contributed by atoms with E-state index in [1.54, 1.807) is 0 Å². The first kappa shape index (κ1) is 23.0. The van der Waals surface area contributed by atoms with Crippen LogP contribution in [-0.2, 0) is 36.4 Å². The molecule has 2 heterocycles. The molecule has 4 atom stereocenters. The van der Waals surface area contributed by atoms with Gasteiger partial charge in [0, 0.05) is 17.4 Å². The van der Waals surface area contributed by atoms with Gasteiger partial charge in [0.25, 0.3) is 0 Å². The summed E-state index contributed by atoms with van der Waals surface area (Å²) in [5.74, 6) is -5.56. The van der Waals surface area contributed by atoms with Crippen molar-refractivity contribution in [2.45, 2.75) is 24.4 Å². The number of aliphatic hydroxyl groups excluding tert-OH is 8. The third kappa shape index (κ3) is 4.98. The molecule has 8 N–H and O–H groups in total. The number of hydrogen-bond donors (Lipinski definition) is 8. The van der Waals surface area contributed by atoms with Crippen LogP contribution in [0.5, 0.6) is 0 Å². The van der Waals surface area contributed by atoms with Crippen LogP contribution in [0.4, 0.5) is 0 Å². The minimum atomic E-state index is -1.42. The molecule has 0 aromatic rings. The van der Waals surface area contributed by atoms with Crippen LogP contribution >= 0.6 is 0 Å². The second-order valence-corrected chi connectivity index (χ2v) is 4.62. The summed E-state index contributed by atoms with van der Waals surface area (Å²) < 4.78 is 8.63. The van der Waals surface area contributed by atoms with Crippen molar-refractivity contribution < 1.29 is 77.3 Å². The van der Waals surface area contributed by atoms with Gasteiger partial charge in [0.15, 0.2) is 23.7 Å². The van der Waals surface area contributed by atoms with Crippen LogP contribution in [0.3, 0.4) is 0 Å². The van der Waals surface area contributed by atoms with Crippen LogP contribution in [0, 0.1) is 0 Å². The van der Waals surface area contributed by atoms with E-state index in [-0.39, 0.29) is 17.4 Å². The monoisotopic (exact) mass is 404 g/mol. The number of carbonyl (C=O) groups excluding carboxylic acids is 2.